The molecule has 2 aromatic carbocycles. The van der Waals surface area contributed by atoms with Crippen LogP contribution in [0.1, 0.15) is 23.6 Å². The van der Waals surface area contributed by atoms with E-state index in [1.165, 1.54) is 5.56 Å². The standard InChI is InChI=1S/C16H14BrNO/c1-2-14-9-15(17)7-8-16(14)19-11-13-5-3-12(10-18)4-6-13/h3-9H,2,11H2,1H3. The summed E-state index contributed by atoms with van der Waals surface area (Å²) in [4.78, 5) is 0. The Labute approximate surface area is 121 Å². The lowest BCUT2D eigenvalue weighted by molar-refractivity contribution is 0.303. The van der Waals surface area contributed by atoms with Gasteiger partial charge in [-0.25, -0.2) is 0 Å². The monoisotopic (exact) mass is 315 g/mol. The molecule has 0 unspecified atom stereocenters. The predicted octanol–water partition coefficient (Wildman–Crippen LogP) is 4.46. The number of aryl methyl sites for hydroxylation is 1. The van der Waals surface area contributed by atoms with Gasteiger partial charge in [0.2, 0.25) is 0 Å². The highest BCUT2D eigenvalue weighted by Crippen LogP contribution is 2.24. The van der Waals surface area contributed by atoms with Gasteiger partial charge in [-0.05, 0) is 47.9 Å². The SMILES string of the molecule is CCc1cc(Br)ccc1OCc1ccc(C#N)cc1. The summed E-state index contributed by atoms with van der Waals surface area (Å²) in [6.07, 6.45) is 0.933. The van der Waals surface area contributed by atoms with Gasteiger partial charge in [0, 0.05) is 4.47 Å². The zero-order chi connectivity index (χ0) is 13.7. The molecule has 0 aliphatic heterocycles. The minimum absolute atomic E-state index is 0.514. The normalized spacial score (nSPS) is 9.95. The van der Waals surface area contributed by atoms with E-state index in [9.17, 15) is 0 Å². The van der Waals surface area contributed by atoms with Crippen LogP contribution in [-0.4, -0.2) is 0 Å². The van der Waals surface area contributed by atoms with Gasteiger partial charge in [-0.2, -0.15) is 5.26 Å². The molecule has 0 radical (unpaired) electrons. The van der Waals surface area contributed by atoms with Crippen molar-refractivity contribution < 1.29 is 4.74 Å². The van der Waals surface area contributed by atoms with Gasteiger partial charge in [-0.15, -0.1) is 0 Å². The van der Waals surface area contributed by atoms with Crippen molar-refractivity contribution in [3.05, 3.63) is 63.6 Å². The first-order chi connectivity index (χ1) is 9.22. The number of rotatable bonds is 4. The number of hydrogen-bond acceptors (Lipinski definition) is 2. The highest BCUT2D eigenvalue weighted by atomic mass is 79.9. The molecule has 0 fully saturated rings. The minimum Gasteiger partial charge on any atom is -0.489 e. The van der Waals surface area contributed by atoms with E-state index in [1.54, 1.807) is 12.1 Å². The molecule has 0 atom stereocenters. The Morgan fingerprint density at radius 2 is 1.89 bits per heavy atom. The van der Waals surface area contributed by atoms with E-state index in [1.807, 2.05) is 24.3 Å². The molecule has 0 saturated carbocycles. The topological polar surface area (TPSA) is 33.0 Å². The zero-order valence-corrected chi connectivity index (χ0v) is 12.3. The van der Waals surface area contributed by atoms with E-state index < -0.39 is 0 Å². The molecule has 0 aliphatic carbocycles. The van der Waals surface area contributed by atoms with Crippen molar-refractivity contribution >= 4 is 15.9 Å². The average molecular weight is 316 g/mol. The molecule has 2 aromatic rings. The molecule has 0 aromatic heterocycles. The van der Waals surface area contributed by atoms with Gasteiger partial charge in [0.1, 0.15) is 12.4 Å². The number of benzene rings is 2. The molecule has 3 heteroatoms. The first-order valence-corrected chi connectivity index (χ1v) is 6.92. The van der Waals surface area contributed by atoms with E-state index in [2.05, 4.69) is 35.0 Å². The van der Waals surface area contributed by atoms with Gasteiger partial charge in [0.05, 0.1) is 11.6 Å². The number of nitriles is 1. The van der Waals surface area contributed by atoms with Crippen LogP contribution in [0, 0.1) is 11.3 Å². The Bertz CT molecular complexity index is 599. The lowest BCUT2D eigenvalue weighted by atomic mass is 10.1. The Morgan fingerprint density at radius 3 is 2.53 bits per heavy atom. The molecule has 0 spiro atoms. The van der Waals surface area contributed by atoms with Crippen LogP contribution in [-0.2, 0) is 13.0 Å². The Balaban J connectivity index is 2.07. The Kier molecular flexibility index (Phi) is 4.59. The van der Waals surface area contributed by atoms with Crippen molar-refractivity contribution in [2.45, 2.75) is 20.0 Å². The first-order valence-electron chi connectivity index (χ1n) is 6.13. The summed E-state index contributed by atoms with van der Waals surface area (Å²) in [5, 5.41) is 8.74. The van der Waals surface area contributed by atoms with Crippen LogP contribution in [0.15, 0.2) is 46.9 Å². The van der Waals surface area contributed by atoms with Gasteiger partial charge in [0.25, 0.3) is 0 Å². The average Bonchev–Trinajstić information content (AvgIpc) is 2.46. The van der Waals surface area contributed by atoms with Crippen LogP contribution < -0.4 is 4.74 Å². The fraction of sp³-hybridized carbons (Fsp3) is 0.188. The van der Waals surface area contributed by atoms with Crippen molar-refractivity contribution in [2.24, 2.45) is 0 Å². The van der Waals surface area contributed by atoms with E-state index in [0.717, 1.165) is 22.2 Å². The second-order valence-corrected chi connectivity index (χ2v) is 5.12. The predicted molar refractivity (Wildman–Crippen MR) is 79.0 cm³/mol. The highest BCUT2D eigenvalue weighted by Gasteiger charge is 2.03. The lowest BCUT2D eigenvalue weighted by Gasteiger charge is -2.11. The maximum absolute atomic E-state index is 8.74. The smallest absolute Gasteiger partial charge is 0.123 e. The summed E-state index contributed by atoms with van der Waals surface area (Å²) in [7, 11) is 0. The summed E-state index contributed by atoms with van der Waals surface area (Å²) >= 11 is 3.46. The Hall–Kier alpha value is -1.79. The minimum atomic E-state index is 0.514. The van der Waals surface area contributed by atoms with Gasteiger partial charge >= 0.3 is 0 Å². The molecule has 0 aliphatic rings. The summed E-state index contributed by atoms with van der Waals surface area (Å²) in [5.74, 6) is 0.912. The van der Waals surface area contributed by atoms with Crippen LogP contribution in [0.3, 0.4) is 0 Å². The third-order valence-electron chi connectivity index (χ3n) is 2.88. The van der Waals surface area contributed by atoms with Crippen LogP contribution in [0.2, 0.25) is 0 Å². The van der Waals surface area contributed by atoms with E-state index in [4.69, 9.17) is 10.00 Å². The van der Waals surface area contributed by atoms with Crippen molar-refractivity contribution in [3.63, 3.8) is 0 Å². The maximum Gasteiger partial charge on any atom is 0.123 e. The summed E-state index contributed by atoms with van der Waals surface area (Å²) in [5.41, 5.74) is 2.91. The van der Waals surface area contributed by atoms with Gasteiger partial charge in [0.15, 0.2) is 0 Å². The fourth-order valence-corrected chi connectivity index (χ4v) is 2.21. The Morgan fingerprint density at radius 1 is 1.16 bits per heavy atom. The second kappa shape index (κ2) is 6.40. The van der Waals surface area contributed by atoms with Gasteiger partial charge < -0.3 is 4.74 Å². The van der Waals surface area contributed by atoms with E-state index in [-0.39, 0.29) is 0 Å². The summed E-state index contributed by atoms with van der Waals surface area (Å²) in [6.45, 7) is 2.62. The van der Waals surface area contributed by atoms with Crippen molar-refractivity contribution in [3.8, 4) is 11.8 Å². The van der Waals surface area contributed by atoms with E-state index in [0.29, 0.717) is 12.2 Å². The largest absolute Gasteiger partial charge is 0.489 e. The molecule has 2 nitrogen and oxygen atoms in total. The fourth-order valence-electron chi connectivity index (χ4n) is 1.80. The number of nitrogens with zero attached hydrogens (tertiary/aromatic N) is 1. The molecule has 0 saturated heterocycles. The lowest BCUT2D eigenvalue weighted by Crippen LogP contribution is -1.98. The zero-order valence-electron chi connectivity index (χ0n) is 10.7. The van der Waals surface area contributed by atoms with Crippen LogP contribution in [0.25, 0.3) is 0 Å². The molecular formula is C16H14BrNO. The molecular weight excluding hydrogens is 302 g/mol. The summed E-state index contributed by atoms with van der Waals surface area (Å²) < 4.78 is 6.90. The number of hydrogen-bond donors (Lipinski definition) is 0. The second-order valence-electron chi connectivity index (χ2n) is 4.20. The molecule has 96 valence electrons. The molecule has 0 amide bonds. The van der Waals surface area contributed by atoms with Crippen LogP contribution >= 0.6 is 15.9 Å². The third-order valence-corrected chi connectivity index (χ3v) is 3.37. The highest BCUT2D eigenvalue weighted by molar-refractivity contribution is 9.10. The van der Waals surface area contributed by atoms with Gasteiger partial charge in [-0.1, -0.05) is 35.0 Å². The van der Waals surface area contributed by atoms with Crippen molar-refractivity contribution in [1.29, 1.82) is 5.26 Å². The quantitative estimate of drug-likeness (QED) is 0.834. The number of halogens is 1. The van der Waals surface area contributed by atoms with Crippen molar-refractivity contribution in [2.75, 3.05) is 0 Å². The van der Waals surface area contributed by atoms with Crippen LogP contribution in [0.4, 0.5) is 0 Å². The first kappa shape index (κ1) is 13.6. The molecule has 19 heavy (non-hydrogen) atoms. The molecule has 0 bridgehead atoms. The number of ether oxygens (including phenoxy) is 1. The van der Waals surface area contributed by atoms with Crippen LogP contribution in [0.5, 0.6) is 5.75 Å². The third kappa shape index (κ3) is 3.59. The molecule has 2 rings (SSSR count). The summed E-state index contributed by atoms with van der Waals surface area (Å²) in [6, 6.07) is 15.6. The molecule has 0 heterocycles. The maximum atomic E-state index is 8.74. The van der Waals surface area contributed by atoms with E-state index >= 15 is 0 Å². The van der Waals surface area contributed by atoms with Gasteiger partial charge in [-0.3, -0.25) is 0 Å². The molecule has 0 N–H and O–H groups in total. The van der Waals surface area contributed by atoms with Crippen molar-refractivity contribution in [1.82, 2.24) is 0 Å².